The maximum Gasteiger partial charge on any atom is 0.206 e. The Balaban J connectivity index is 2.39. The van der Waals surface area contributed by atoms with Gasteiger partial charge in [0.25, 0.3) is 0 Å². The second kappa shape index (κ2) is 4.31. The summed E-state index contributed by atoms with van der Waals surface area (Å²) in [5.74, 6) is -1.76. The lowest BCUT2D eigenvalue weighted by atomic mass is 10.2. The predicted octanol–water partition coefficient (Wildman–Crippen LogP) is 3.65. The van der Waals surface area contributed by atoms with Crippen LogP contribution in [-0.2, 0) is 0 Å². The lowest BCUT2D eigenvalue weighted by Gasteiger charge is -2.08. The number of nitrogen functional groups attached to an aromatic ring is 1. The highest BCUT2D eigenvalue weighted by Crippen LogP contribution is 2.27. The van der Waals surface area contributed by atoms with Crippen molar-refractivity contribution in [1.82, 2.24) is 9.55 Å². The first-order chi connectivity index (χ1) is 9.08. The molecule has 3 rings (SSSR count). The molecule has 0 aliphatic heterocycles. The largest absolute Gasteiger partial charge is 0.369 e. The van der Waals surface area contributed by atoms with Gasteiger partial charge in [-0.1, -0.05) is 22.0 Å². The normalized spacial score (nSPS) is 11.1. The Morgan fingerprint density at radius 3 is 2.74 bits per heavy atom. The molecule has 3 aromatic rings. The lowest BCUT2D eigenvalue weighted by Crippen LogP contribution is -2.04. The van der Waals surface area contributed by atoms with Gasteiger partial charge in [0.05, 0.1) is 16.7 Å². The Labute approximate surface area is 115 Å². The van der Waals surface area contributed by atoms with E-state index in [1.165, 1.54) is 16.7 Å². The van der Waals surface area contributed by atoms with E-state index in [-0.39, 0.29) is 11.6 Å². The fourth-order valence-electron chi connectivity index (χ4n) is 1.99. The number of benzene rings is 2. The maximum absolute atomic E-state index is 13.9. The highest BCUT2D eigenvalue weighted by molar-refractivity contribution is 9.10. The van der Waals surface area contributed by atoms with Gasteiger partial charge in [-0.25, -0.2) is 13.8 Å². The first-order valence-electron chi connectivity index (χ1n) is 5.46. The Morgan fingerprint density at radius 1 is 1.16 bits per heavy atom. The third kappa shape index (κ3) is 1.88. The van der Waals surface area contributed by atoms with Gasteiger partial charge >= 0.3 is 0 Å². The van der Waals surface area contributed by atoms with Crippen LogP contribution in [0.15, 0.2) is 40.9 Å². The zero-order valence-electron chi connectivity index (χ0n) is 9.57. The number of hydrogen-bond acceptors (Lipinski definition) is 2. The third-order valence-corrected chi connectivity index (χ3v) is 3.31. The molecule has 96 valence electrons. The quantitative estimate of drug-likeness (QED) is 0.742. The van der Waals surface area contributed by atoms with Gasteiger partial charge in [-0.2, -0.15) is 0 Å². The first-order valence-corrected chi connectivity index (χ1v) is 6.25. The molecule has 0 unspecified atom stereocenters. The molecule has 0 amide bonds. The average Bonchev–Trinajstić information content (AvgIpc) is 2.69. The standard InChI is InChI=1S/C13H8BrF2N3/c14-7-4-5-9-11(6-7)19(13(17)18-9)10-3-1-2-8(15)12(10)16/h1-6H,(H2,17,18). The molecule has 2 aromatic carbocycles. The van der Waals surface area contributed by atoms with Crippen LogP contribution in [-0.4, -0.2) is 9.55 Å². The first kappa shape index (κ1) is 12.1. The monoisotopic (exact) mass is 323 g/mol. The number of imidazole rings is 1. The van der Waals surface area contributed by atoms with Crippen LogP contribution < -0.4 is 5.73 Å². The van der Waals surface area contributed by atoms with E-state index >= 15 is 0 Å². The fraction of sp³-hybridized carbons (Fsp3) is 0. The topological polar surface area (TPSA) is 43.8 Å². The smallest absolute Gasteiger partial charge is 0.206 e. The summed E-state index contributed by atoms with van der Waals surface area (Å²) in [5.41, 5.74) is 7.06. The van der Waals surface area contributed by atoms with E-state index in [1.54, 1.807) is 18.2 Å². The third-order valence-electron chi connectivity index (χ3n) is 2.81. The van der Waals surface area contributed by atoms with Gasteiger partial charge in [-0.15, -0.1) is 0 Å². The van der Waals surface area contributed by atoms with Crippen LogP contribution in [0.2, 0.25) is 0 Å². The molecule has 0 aliphatic carbocycles. The molecule has 0 aliphatic rings. The van der Waals surface area contributed by atoms with Crippen molar-refractivity contribution in [2.24, 2.45) is 0 Å². The van der Waals surface area contributed by atoms with Gasteiger partial charge in [-0.05, 0) is 30.3 Å². The summed E-state index contributed by atoms with van der Waals surface area (Å²) in [4.78, 5) is 4.13. The zero-order chi connectivity index (χ0) is 13.6. The Hall–Kier alpha value is -1.95. The van der Waals surface area contributed by atoms with Crippen molar-refractivity contribution in [1.29, 1.82) is 0 Å². The Bertz CT molecular complexity index is 783. The van der Waals surface area contributed by atoms with E-state index in [4.69, 9.17) is 5.73 Å². The summed E-state index contributed by atoms with van der Waals surface area (Å²) < 4.78 is 29.4. The van der Waals surface area contributed by atoms with Crippen molar-refractivity contribution >= 4 is 32.9 Å². The summed E-state index contributed by atoms with van der Waals surface area (Å²) in [5, 5.41) is 0. The summed E-state index contributed by atoms with van der Waals surface area (Å²) in [6, 6.07) is 9.26. The van der Waals surface area contributed by atoms with Crippen molar-refractivity contribution < 1.29 is 8.78 Å². The van der Waals surface area contributed by atoms with E-state index in [1.807, 2.05) is 0 Å². The second-order valence-corrected chi connectivity index (χ2v) is 4.93. The number of anilines is 1. The SMILES string of the molecule is Nc1nc2ccc(Br)cc2n1-c1cccc(F)c1F. The predicted molar refractivity (Wildman–Crippen MR) is 73.1 cm³/mol. The van der Waals surface area contributed by atoms with Crippen LogP contribution in [0.5, 0.6) is 0 Å². The minimum Gasteiger partial charge on any atom is -0.369 e. The summed E-state index contributed by atoms with van der Waals surface area (Å²) >= 11 is 3.33. The number of nitrogens with zero attached hydrogens (tertiary/aromatic N) is 2. The van der Waals surface area contributed by atoms with Crippen molar-refractivity contribution in [3.63, 3.8) is 0 Å². The van der Waals surface area contributed by atoms with E-state index in [0.717, 1.165) is 10.5 Å². The van der Waals surface area contributed by atoms with Gasteiger partial charge in [0.1, 0.15) is 0 Å². The molecule has 0 saturated heterocycles. The van der Waals surface area contributed by atoms with Gasteiger partial charge < -0.3 is 5.73 Å². The number of halogens is 3. The average molecular weight is 324 g/mol. The summed E-state index contributed by atoms with van der Waals surface area (Å²) in [6.07, 6.45) is 0. The number of rotatable bonds is 1. The lowest BCUT2D eigenvalue weighted by molar-refractivity contribution is 0.505. The van der Waals surface area contributed by atoms with Gasteiger partial charge in [0, 0.05) is 4.47 Å². The van der Waals surface area contributed by atoms with Gasteiger partial charge in [-0.3, -0.25) is 4.57 Å². The maximum atomic E-state index is 13.9. The van der Waals surface area contributed by atoms with E-state index in [2.05, 4.69) is 20.9 Å². The highest BCUT2D eigenvalue weighted by atomic mass is 79.9. The van der Waals surface area contributed by atoms with Crippen molar-refractivity contribution in [3.8, 4) is 5.69 Å². The zero-order valence-corrected chi connectivity index (χ0v) is 11.2. The van der Waals surface area contributed by atoms with Crippen molar-refractivity contribution in [3.05, 3.63) is 52.5 Å². The van der Waals surface area contributed by atoms with E-state index < -0.39 is 11.6 Å². The molecule has 0 fully saturated rings. The summed E-state index contributed by atoms with van der Waals surface area (Å²) in [6.45, 7) is 0. The molecule has 2 N–H and O–H groups in total. The number of aromatic nitrogens is 2. The molecular formula is C13H8BrF2N3. The van der Waals surface area contributed by atoms with Crippen LogP contribution in [0.25, 0.3) is 16.7 Å². The number of fused-ring (bicyclic) bond motifs is 1. The molecule has 1 aromatic heterocycles. The molecule has 0 saturated carbocycles. The van der Waals surface area contributed by atoms with E-state index in [0.29, 0.717) is 11.0 Å². The molecule has 0 atom stereocenters. The summed E-state index contributed by atoms with van der Waals surface area (Å²) in [7, 11) is 0. The fourth-order valence-corrected chi connectivity index (χ4v) is 2.33. The molecule has 1 heterocycles. The Kier molecular flexibility index (Phi) is 2.74. The molecule has 0 spiro atoms. The minimum atomic E-state index is -0.950. The molecule has 0 radical (unpaired) electrons. The van der Waals surface area contributed by atoms with Crippen LogP contribution in [0.3, 0.4) is 0 Å². The van der Waals surface area contributed by atoms with Crippen LogP contribution >= 0.6 is 15.9 Å². The highest BCUT2D eigenvalue weighted by Gasteiger charge is 2.15. The van der Waals surface area contributed by atoms with Crippen LogP contribution in [0, 0.1) is 11.6 Å². The second-order valence-electron chi connectivity index (χ2n) is 4.01. The van der Waals surface area contributed by atoms with Crippen LogP contribution in [0.4, 0.5) is 14.7 Å². The van der Waals surface area contributed by atoms with Gasteiger partial charge in [0.2, 0.25) is 5.95 Å². The molecular weight excluding hydrogens is 316 g/mol. The Morgan fingerprint density at radius 2 is 1.95 bits per heavy atom. The molecule has 3 nitrogen and oxygen atoms in total. The van der Waals surface area contributed by atoms with E-state index in [9.17, 15) is 8.78 Å². The van der Waals surface area contributed by atoms with Crippen LogP contribution in [0.1, 0.15) is 0 Å². The van der Waals surface area contributed by atoms with Crippen molar-refractivity contribution in [2.75, 3.05) is 5.73 Å². The number of hydrogen-bond donors (Lipinski definition) is 1. The van der Waals surface area contributed by atoms with Gasteiger partial charge in [0.15, 0.2) is 11.6 Å². The minimum absolute atomic E-state index is 0.0399. The molecule has 19 heavy (non-hydrogen) atoms. The molecule has 6 heteroatoms. The number of nitrogens with two attached hydrogens (primary N) is 1. The molecule has 0 bridgehead atoms. The van der Waals surface area contributed by atoms with Crippen molar-refractivity contribution in [2.45, 2.75) is 0 Å².